The van der Waals surface area contributed by atoms with Crippen LogP contribution in [0.4, 0.5) is 11.5 Å². The summed E-state index contributed by atoms with van der Waals surface area (Å²) >= 11 is 0. The quantitative estimate of drug-likeness (QED) is 0.652. The molecule has 1 fully saturated rings. The third-order valence-corrected chi connectivity index (χ3v) is 3.41. The van der Waals surface area contributed by atoms with E-state index < -0.39 is 4.92 Å². The zero-order chi connectivity index (χ0) is 13.0. The lowest BCUT2D eigenvalue weighted by Crippen LogP contribution is -2.40. The fourth-order valence-corrected chi connectivity index (χ4v) is 2.31. The van der Waals surface area contributed by atoms with Crippen molar-refractivity contribution in [2.75, 3.05) is 25.5 Å². The van der Waals surface area contributed by atoms with Gasteiger partial charge in [0, 0.05) is 12.6 Å². The molecule has 1 aliphatic rings. The van der Waals surface area contributed by atoms with Crippen molar-refractivity contribution in [3.63, 3.8) is 0 Å². The Balaban J connectivity index is 1.99. The van der Waals surface area contributed by atoms with Crippen LogP contribution in [0.1, 0.15) is 19.3 Å². The lowest BCUT2D eigenvalue weighted by atomic mass is 10.0. The molecule has 1 aromatic rings. The second-order valence-electron chi connectivity index (χ2n) is 4.64. The van der Waals surface area contributed by atoms with Gasteiger partial charge in [0.2, 0.25) is 0 Å². The molecule has 1 unspecified atom stereocenters. The van der Waals surface area contributed by atoms with Gasteiger partial charge in [-0.15, -0.1) is 0 Å². The molecule has 2 heterocycles. The summed E-state index contributed by atoms with van der Waals surface area (Å²) in [6.45, 7) is 1.82. The minimum atomic E-state index is -0.451. The van der Waals surface area contributed by atoms with Crippen molar-refractivity contribution in [1.82, 2.24) is 9.88 Å². The summed E-state index contributed by atoms with van der Waals surface area (Å²) in [5.74, 6) is -0.101. The molecule has 0 aliphatic carbocycles. The van der Waals surface area contributed by atoms with E-state index in [4.69, 9.17) is 0 Å². The Hall–Kier alpha value is -1.69. The van der Waals surface area contributed by atoms with Gasteiger partial charge in [-0.1, -0.05) is 6.42 Å². The number of nitrogens with zero attached hydrogens (tertiary/aromatic N) is 3. The van der Waals surface area contributed by atoms with E-state index in [-0.39, 0.29) is 5.82 Å². The SMILES string of the molecule is CN1CCCCC1CNc1cccnc1[N+](=O)[O-]. The van der Waals surface area contributed by atoms with Crippen molar-refractivity contribution < 1.29 is 4.92 Å². The van der Waals surface area contributed by atoms with Gasteiger partial charge < -0.3 is 20.3 Å². The van der Waals surface area contributed by atoms with E-state index in [1.807, 2.05) is 0 Å². The Labute approximate surface area is 106 Å². The van der Waals surface area contributed by atoms with Crippen molar-refractivity contribution in [1.29, 1.82) is 0 Å². The lowest BCUT2D eigenvalue weighted by molar-refractivity contribution is -0.388. The Kier molecular flexibility index (Phi) is 4.09. The van der Waals surface area contributed by atoms with Crippen LogP contribution in [0.5, 0.6) is 0 Å². The van der Waals surface area contributed by atoms with E-state index in [1.165, 1.54) is 19.0 Å². The van der Waals surface area contributed by atoms with Gasteiger partial charge in [0.1, 0.15) is 11.9 Å². The topological polar surface area (TPSA) is 71.3 Å². The number of piperidine rings is 1. The molecule has 2 rings (SSSR count). The molecule has 1 saturated heterocycles. The maximum absolute atomic E-state index is 10.8. The Morgan fingerprint density at radius 2 is 2.44 bits per heavy atom. The fraction of sp³-hybridized carbons (Fsp3) is 0.583. The largest absolute Gasteiger partial charge is 0.386 e. The maximum atomic E-state index is 10.8. The molecule has 18 heavy (non-hydrogen) atoms. The van der Waals surface area contributed by atoms with Gasteiger partial charge in [-0.05, 0) is 48.5 Å². The Bertz CT molecular complexity index is 424. The van der Waals surface area contributed by atoms with E-state index in [1.54, 1.807) is 12.1 Å². The van der Waals surface area contributed by atoms with Gasteiger partial charge in [-0.3, -0.25) is 0 Å². The van der Waals surface area contributed by atoms with E-state index in [9.17, 15) is 10.1 Å². The number of hydrogen-bond donors (Lipinski definition) is 1. The van der Waals surface area contributed by atoms with Crippen molar-refractivity contribution in [3.8, 4) is 0 Å². The number of hydrogen-bond acceptors (Lipinski definition) is 5. The molecule has 6 nitrogen and oxygen atoms in total. The van der Waals surface area contributed by atoms with Crippen LogP contribution in [0.3, 0.4) is 0 Å². The monoisotopic (exact) mass is 250 g/mol. The molecule has 1 atom stereocenters. The van der Waals surface area contributed by atoms with Crippen molar-refractivity contribution >= 4 is 11.5 Å². The third-order valence-electron chi connectivity index (χ3n) is 3.41. The highest BCUT2D eigenvalue weighted by molar-refractivity contribution is 5.56. The van der Waals surface area contributed by atoms with Crippen molar-refractivity contribution in [2.45, 2.75) is 25.3 Å². The number of rotatable bonds is 4. The van der Waals surface area contributed by atoms with E-state index >= 15 is 0 Å². The maximum Gasteiger partial charge on any atom is 0.386 e. The van der Waals surface area contributed by atoms with E-state index in [0.29, 0.717) is 11.7 Å². The second-order valence-corrected chi connectivity index (χ2v) is 4.64. The Morgan fingerprint density at radius 1 is 1.61 bits per heavy atom. The minimum absolute atomic E-state index is 0.101. The molecule has 0 radical (unpaired) electrons. The molecular formula is C12H18N4O2. The zero-order valence-corrected chi connectivity index (χ0v) is 10.5. The number of aromatic nitrogens is 1. The molecule has 0 bridgehead atoms. The summed E-state index contributed by atoms with van der Waals surface area (Å²) in [4.78, 5) is 16.5. The summed E-state index contributed by atoms with van der Waals surface area (Å²) in [5.41, 5.74) is 0.501. The second kappa shape index (κ2) is 5.77. The average Bonchev–Trinajstić information content (AvgIpc) is 2.38. The van der Waals surface area contributed by atoms with Gasteiger partial charge in [0.25, 0.3) is 0 Å². The predicted octanol–water partition coefficient (Wildman–Crippen LogP) is 1.89. The molecule has 0 spiro atoms. The van der Waals surface area contributed by atoms with Gasteiger partial charge in [-0.25, -0.2) is 0 Å². The van der Waals surface area contributed by atoms with Crippen LogP contribution < -0.4 is 5.32 Å². The summed E-state index contributed by atoms with van der Waals surface area (Å²) in [6.07, 6.45) is 5.04. The normalized spacial score (nSPS) is 20.6. The highest BCUT2D eigenvalue weighted by Crippen LogP contribution is 2.21. The van der Waals surface area contributed by atoms with Crippen LogP contribution >= 0.6 is 0 Å². The van der Waals surface area contributed by atoms with E-state index in [0.717, 1.165) is 19.5 Å². The first-order valence-corrected chi connectivity index (χ1v) is 6.22. The summed E-state index contributed by atoms with van der Waals surface area (Å²) in [7, 11) is 2.10. The Morgan fingerprint density at radius 3 is 3.17 bits per heavy atom. The van der Waals surface area contributed by atoms with Crippen LogP contribution in [-0.4, -0.2) is 41.0 Å². The predicted molar refractivity (Wildman–Crippen MR) is 69.7 cm³/mol. The molecule has 0 amide bonds. The van der Waals surface area contributed by atoms with Crippen molar-refractivity contribution in [2.24, 2.45) is 0 Å². The molecule has 1 aliphatic heterocycles. The number of pyridine rings is 1. The zero-order valence-electron chi connectivity index (χ0n) is 10.5. The van der Waals surface area contributed by atoms with Crippen LogP contribution in [0.2, 0.25) is 0 Å². The summed E-state index contributed by atoms with van der Waals surface area (Å²) in [6, 6.07) is 3.85. The summed E-state index contributed by atoms with van der Waals surface area (Å²) < 4.78 is 0. The van der Waals surface area contributed by atoms with Crippen molar-refractivity contribution in [3.05, 3.63) is 28.4 Å². The smallest absolute Gasteiger partial charge is 0.377 e. The molecule has 98 valence electrons. The molecule has 0 aromatic carbocycles. The van der Waals surface area contributed by atoms with Crippen LogP contribution in [-0.2, 0) is 0 Å². The van der Waals surface area contributed by atoms with Gasteiger partial charge in [0.15, 0.2) is 0 Å². The number of anilines is 1. The lowest BCUT2D eigenvalue weighted by Gasteiger charge is -2.32. The fourth-order valence-electron chi connectivity index (χ4n) is 2.31. The first kappa shape index (κ1) is 12.8. The first-order valence-electron chi connectivity index (χ1n) is 6.22. The standard InChI is InChI=1S/C12H18N4O2/c1-15-8-3-2-5-10(15)9-14-11-6-4-7-13-12(11)16(17)18/h4,6-7,10,14H,2-3,5,8-9H2,1H3. The highest BCUT2D eigenvalue weighted by atomic mass is 16.6. The molecule has 1 aromatic heterocycles. The third kappa shape index (κ3) is 2.95. The molecule has 1 N–H and O–H groups in total. The van der Waals surface area contributed by atoms with E-state index in [2.05, 4.69) is 22.2 Å². The van der Waals surface area contributed by atoms with Crippen LogP contribution in [0, 0.1) is 10.1 Å². The number of nitro groups is 1. The minimum Gasteiger partial charge on any atom is -0.377 e. The number of nitrogens with one attached hydrogen (secondary N) is 1. The number of likely N-dealkylation sites (N-methyl/N-ethyl adjacent to an activating group) is 1. The molecular weight excluding hydrogens is 232 g/mol. The van der Waals surface area contributed by atoms with Gasteiger partial charge in [0.05, 0.1) is 0 Å². The summed E-state index contributed by atoms with van der Waals surface area (Å²) in [5, 5.41) is 14.0. The number of likely N-dealkylation sites (tertiary alicyclic amines) is 1. The highest BCUT2D eigenvalue weighted by Gasteiger charge is 2.20. The average molecular weight is 250 g/mol. The van der Waals surface area contributed by atoms with Gasteiger partial charge >= 0.3 is 5.82 Å². The molecule has 6 heteroatoms. The van der Waals surface area contributed by atoms with Crippen LogP contribution in [0.25, 0.3) is 0 Å². The van der Waals surface area contributed by atoms with Gasteiger partial charge in [-0.2, -0.15) is 0 Å². The first-order chi connectivity index (χ1) is 8.68. The molecule has 0 saturated carbocycles. The van der Waals surface area contributed by atoms with Crippen LogP contribution in [0.15, 0.2) is 18.3 Å².